The lowest BCUT2D eigenvalue weighted by Crippen LogP contribution is -2.49. The zero-order valence-corrected chi connectivity index (χ0v) is 21.4. The van der Waals surface area contributed by atoms with Crippen LogP contribution in [0.1, 0.15) is 61.9 Å². The molecule has 1 saturated heterocycles. The van der Waals surface area contributed by atoms with Crippen molar-refractivity contribution in [1.29, 1.82) is 0 Å². The van der Waals surface area contributed by atoms with Gasteiger partial charge in [0.1, 0.15) is 0 Å². The van der Waals surface area contributed by atoms with Gasteiger partial charge < -0.3 is 15.5 Å². The van der Waals surface area contributed by atoms with Gasteiger partial charge in [0.05, 0.1) is 6.54 Å². The zero-order valence-electron chi connectivity index (χ0n) is 19.1. The maximum Gasteiger partial charge on any atom is 0.253 e. The summed E-state index contributed by atoms with van der Waals surface area (Å²) in [7, 11) is 3.54. The molecule has 1 aromatic rings. The first-order chi connectivity index (χ1) is 14.0. The van der Waals surface area contributed by atoms with E-state index >= 15 is 0 Å². The van der Waals surface area contributed by atoms with Crippen molar-refractivity contribution in [3.8, 4) is 0 Å². The van der Waals surface area contributed by atoms with Gasteiger partial charge in [-0.15, -0.1) is 24.0 Å². The average Bonchev–Trinajstić information content (AvgIpc) is 2.74. The maximum absolute atomic E-state index is 12.0. The van der Waals surface area contributed by atoms with Gasteiger partial charge in [-0.1, -0.05) is 31.9 Å². The molecule has 30 heavy (non-hydrogen) atoms. The third kappa shape index (κ3) is 8.79. The Balaban J connectivity index is 0.00000450. The first-order valence-electron chi connectivity index (χ1n) is 11.1. The van der Waals surface area contributed by atoms with Crippen LogP contribution in [0.5, 0.6) is 0 Å². The minimum atomic E-state index is 0. The molecule has 2 N–H and O–H groups in total. The molecule has 0 saturated carbocycles. The maximum atomic E-state index is 12.0. The summed E-state index contributed by atoms with van der Waals surface area (Å²) in [4.78, 5) is 21.0. The third-order valence-electron chi connectivity index (χ3n) is 5.42. The summed E-state index contributed by atoms with van der Waals surface area (Å²) in [5, 5.41) is 6.90. The second kappa shape index (κ2) is 14.6. The van der Waals surface area contributed by atoms with Crippen molar-refractivity contribution in [1.82, 2.24) is 20.4 Å². The molecule has 0 spiro atoms. The highest BCUT2D eigenvalue weighted by molar-refractivity contribution is 14.0. The zero-order chi connectivity index (χ0) is 21.1. The number of nitrogens with one attached hydrogen (secondary N) is 2. The number of rotatable bonds is 9. The first-order valence-corrected chi connectivity index (χ1v) is 11.1. The molecular weight excluding hydrogens is 489 g/mol. The van der Waals surface area contributed by atoms with Crippen LogP contribution in [-0.2, 0) is 6.54 Å². The molecule has 0 aromatic heterocycles. The summed E-state index contributed by atoms with van der Waals surface area (Å²) in [5.74, 6) is 0.886. The molecule has 2 rings (SSSR count). The predicted molar refractivity (Wildman–Crippen MR) is 137 cm³/mol. The van der Waals surface area contributed by atoms with Crippen LogP contribution >= 0.6 is 24.0 Å². The van der Waals surface area contributed by atoms with E-state index < -0.39 is 0 Å². The standard InChI is InChI=1S/C23H39N5O.HI/c1-5-7-15-28-16-9-8-10-21(28)18-26-23(24-6-2)25-17-19-11-13-20(14-12-19)22(29)27(3)4;/h11-14,21H,5-10,15-18H2,1-4H3,(H2,24,25,26);1H. The van der Waals surface area contributed by atoms with Crippen LogP contribution in [0, 0.1) is 0 Å². The van der Waals surface area contributed by atoms with E-state index in [0.717, 1.165) is 24.6 Å². The summed E-state index contributed by atoms with van der Waals surface area (Å²) >= 11 is 0. The molecule has 1 aliphatic heterocycles. The number of halogens is 1. The summed E-state index contributed by atoms with van der Waals surface area (Å²) in [5.41, 5.74) is 1.80. The van der Waals surface area contributed by atoms with Gasteiger partial charge in [0, 0.05) is 38.8 Å². The molecule has 1 heterocycles. The van der Waals surface area contributed by atoms with E-state index in [1.165, 1.54) is 45.2 Å². The fourth-order valence-corrected chi connectivity index (χ4v) is 3.68. The monoisotopic (exact) mass is 529 g/mol. The molecule has 0 radical (unpaired) electrons. The fourth-order valence-electron chi connectivity index (χ4n) is 3.68. The van der Waals surface area contributed by atoms with Crippen LogP contribution in [0.2, 0.25) is 0 Å². The number of guanidine groups is 1. The Hall–Kier alpha value is -1.35. The number of piperidine rings is 1. The Morgan fingerprint density at radius 2 is 1.90 bits per heavy atom. The molecule has 1 unspecified atom stereocenters. The highest BCUT2D eigenvalue weighted by Gasteiger charge is 2.21. The van der Waals surface area contributed by atoms with E-state index in [0.29, 0.717) is 18.2 Å². The molecule has 1 aromatic carbocycles. The Morgan fingerprint density at radius 3 is 2.53 bits per heavy atom. The second-order valence-electron chi connectivity index (χ2n) is 8.01. The van der Waals surface area contributed by atoms with E-state index in [1.54, 1.807) is 19.0 Å². The highest BCUT2D eigenvalue weighted by atomic mass is 127. The SMILES string of the molecule is CCCCN1CCCCC1CNC(=NCc1ccc(C(=O)N(C)C)cc1)NCC.I. The number of carbonyl (C=O) groups excluding carboxylic acids is 1. The van der Waals surface area contributed by atoms with Gasteiger partial charge in [-0.25, -0.2) is 4.99 Å². The lowest BCUT2D eigenvalue weighted by Gasteiger charge is -2.36. The Bertz CT molecular complexity index is 647. The number of benzene rings is 1. The van der Waals surface area contributed by atoms with E-state index in [1.807, 2.05) is 24.3 Å². The normalized spacial score (nSPS) is 17.2. The number of carbonyl (C=O) groups is 1. The van der Waals surface area contributed by atoms with Crippen molar-refractivity contribution in [3.63, 3.8) is 0 Å². The van der Waals surface area contributed by atoms with Gasteiger partial charge in [-0.2, -0.15) is 0 Å². The number of hydrogen-bond donors (Lipinski definition) is 2. The molecule has 0 aliphatic carbocycles. The minimum Gasteiger partial charge on any atom is -0.357 e. The largest absolute Gasteiger partial charge is 0.357 e. The molecule has 0 bridgehead atoms. The second-order valence-corrected chi connectivity index (χ2v) is 8.01. The predicted octanol–water partition coefficient (Wildman–Crippen LogP) is 3.72. The minimum absolute atomic E-state index is 0. The van der Waals surface area contributed by atoms with Gasteiger partial charge >= 0.3 is 0 Å². The fraction of sp³-hybridized carbons (Fsp3) is 0.652. The van der Waals surface area contributed by atoms with Crippen molar-refractivity contribution in [2.75, 3.05) is 40.3 Å². The van der Waals surface area contributed by atoms with Crippen molar-refractivity contribution in [2.45, 2.75) is 58.5 Å². The summed E-state index contributed by atoms with van der Waals surface area (Å²) < 4.78 is 0. The Morgan fingerprint density at radius 1 is 1.17 bits per heavy atom. The smallest absolute Gasteiger partial charge is 0.253 e. The molecular formula is C23H40IN5O. The van der Waals surface area contributed by atoms with Gasteiger partial charge in [-0.3, -0.25) is 9.69 Å². The van der Waals surface area contributed by atoms with Crippen LogP contribution in [-0.4, -0.2) is 68.0 Å². The topological polar surface area (TPSA) is 60.0 Å². The molecule has 1 aliphatic rings. The van der Waals surface area contributed by atoms with Crippen molar-refractivity contribution in [3.05, 3.63) is 35.4 Å². The first kappa shape index (κ1) is 26.7. The van der Waals surface area contributed by atoms with Crippen LogP contribution in [0.3, 0.4) is 0 Å². The number of unbranched alkanes of at least 4 members (excludes halogenated alkanes) is 1. The van der Waals surface area contributed by atoms with E-state index in [9.17, 15) is 4.79 Å². The van der Waals surface area contributed by atoms with Crippen LogP contribution in [0.15, 0.2) is 29.3 Å². The van der Waals surface area contributed by atoms with Gasteiger partial charge in [0.25, 0.3) is 5.91 Å². The summed E-state index contributed by atoms with van der Waals surface area (Å²) in [6.45, 7) is 9.14. The van der Waals surface area contributed by atoms with Crippen LogP contribution in [0.25, 0.3) is 0 Å². The van der Waals surface area contributed by atoms with Crippen molar-refractivity contribution >= 4 is 35.8 Å². The van der Waals surface area contributed by atoms with Crippen LogP contribution in [0.4, 0.5) is 0 Å². The quantitative estimate of drug-likeness (QED) is 0.291. The summed E-state index contributed by atoms with van der Waals surface area (Å²) in [6, 6.07) is 8.31. The van der Waals surface area contributed by atoms with E-state index in [2.05, 4.69) is 29.4 Å². The molecule has 1 amide bonds. The van der Waals surface area contributed by atoms with Gasteiger partial charge in [0.2, 0.25) is 0 Å². The van der Waals surface area contributed by atoms with E-state index in [-0.39, 0.29) is 29.9 Å². The lowest BCUT2D eigenvalue weighted by molar-refractivity contribution is 0.0827. The number of likely N-dealkylation sites (tertiary alicyclic amines) is 1. The van der Waals surface area contributed by atoms with E-state index in [4.69, 9.17) is 4.99 Å². The number of nitrogens with zero attached hydrogens (tertiary/aromatic N) is 3. The Kier molecular flexibility index (Phi) is 13.0. The Labute approximate surface area is 199 Å². The molecule has 7 heteroatoms. The van der Waals surface area contributed by atoms with Gasteiger partial charge in [0.15, 0.2) is 5.96 Å². The third-order valence-corrected chi connectivity index (χ3v) is 5.42. The molecule has 170 valence electrons. The molecule has 6 nitrogen and oxygen atoms in total. The highest BCUT2D eigenvalue weighted by Crippen LogP contribution is 2.17. The van der Waals surface area contributed by atoms with Crippen molar-refractivity contribution in [2.24, 2.45) is 4.99 Å². The average molecular weight is 530 g/mol. The lowest BCUT2D eigenvalue weighted by atomic mass is 10.0. The number of aliphatic imine (C=N–C) groups is 1. The molecule has 1 atom stereocenters. The summed E-state index contributed by atoms with van der Waals surface area (Å²) in [6.07, 6.45) is 6.43. The molecule has 1 fully saturated rings. The number of hydrogen-bond acceptors (Lipinski definition) is 3. The number of amides is 1. The van der Waals surface area contributed by atoms with Gasteiger partial charge in [-0.05, 0) is 57.0 Å². The van der Waals surface area contributed by atoms with Crippen LogP contribution < -0.4 is 10.6 Å². The van der Waals surface area contributed by atoms with Crippen molar-refractivity contribution < 1.29 is 4.79 Å².